The number of hydrogen-bond acceptors (Lipinski definition) is 2. The maximum absolute atomic E-state index is 6.08. The normalized spacial score (nSPS) is 10.4. The summed E-state index contributed by atoms with van der Waals surface area (Å²) < 4.78 is 5.33. The standard InChI is InChI=1S/C12H18ClNO/c1-4-14-6-5-10-8-11(13)9(2)7-12(10)15-3/h7-8,14H,4-6H2,1-3H3. The van der Waals surface area contributed by atoms with E-state index in [1.165, 1.54) is 0 Å². The second-order valence-corrected chi connectivity index (χ2v) is 3.92. The van der Waals surface area contributed by atoms with Gasteiger partial charge in [0, 0.05) is 5.02 Å². The molecule has 0 radical (unpaired) electrons. The summed E-state index contributed by atoms with van der Waals surface area (Å²) >= 11 is 6.08. The molecule has 0 spiro atoms. The number of benzene rings is 1. The Hall–Kier alpha value is -0.730. The van der Waals surface area contributed by atoms with Gasteiger partial charge in [-0.1, -0.05) is 18.5 Å². The van der Waals surface area contributed by atoms with E-state index < -0.39 is 0 Å². The molecule has 1 rings (SSSR count). The summed E-state index contributed by atoms with van der Waals surface area (Å²) in [6.45, 7) is 6.02. The number of aryl methyl sites for hydroxylation is 1. The summed E-state index contributed by atoms with van der Waals surface area (Å²) in [6.07, 6.45) is 0.941. The van der Waals surface area contributed by atoms with Crippen LogP contribution in [0.3, 0.4) is 0 Å². The summed E-state index contributed by atoms with van der Waals surface area (Å²) in [5, 5.41) is 4.09. The molecule has 0 amide bonds. The number of nitrogens with one attached hydrogen (secondary N) is 1. The first-order chi connectivity index (χ1) is 7.19. The second kappa shape index (κ2) is 5.99. The molecule has 2 nitrogen and oxygen atoms in total. The van der Waals surface area contributed by atoms with Gasteiger partial charge in [-0.05, 0) is 49.7 Å². The Kier molecular flexibility index (Phi) is 4.92. The van der Waals surface area contributed by atoms with Crippen molar-refractivity contribution in [2.45, 2.75) is 20.3 Å². The molecule has 15 heavy (non-hydrogen) atoms. The molecule has 0 fully saturated rings. The fraction of sp³-hybridized carbons (Fsp3) is 0.500. The van der Waals surface area contributed by atoms with Crippen LogP contribution in [0.1, 0.15) is 18.1 Å². The van der Waals surface area contributed by atoms with Crippen molar-refractivity contribution in [2.75, 3.05) is 20.2 Å². The van der Waals surface area contributed by atoms with Crippen molar-refractivity contribution < 1.29 is 4.74 Å². The lowest BCUT2D eigenvalue weighted by Crippen LogP contribution is -2.16. The van der Waals surface area contributed by atoms with Crippen molar-refractivity contribution in [1.82, 2.24) is 5.32 Å². The quantitative estimate of drug-likeness (QED) is 0.782. The predicted octanol–water partition coefficient (Wildman–Crippen LogP) is 2.81. The molecular formula is C12H18ClNO. The van der Waals surface area contributed by atoms with Gasteiger partial charge in [0.15, 0.2) is 0 Å². The molecule has 0 saturated carbocycles. The van der Waals surface area contributed by atoms with Gasteiger partial charge in [0.2, 0.25) is 0 Å². The van der Waals surface area contributed by atoms with E-state index in [2.05, 4.69) is 12.2 Å². The van der Waals surface area contributed by atoms with E-state index in [1.807, 2.05) is 19.1 Å². The molecule has 1 aromatic rings. The van der Waals surface area contributed by atoms with Crippen LogP contribution in [0.15, 0.2) is 12.1 Å². The topological polar surface area (TPSA) is 21.3 Å². The van der Waals surface area contributed by atoms with Crippen LogP contribution in [0.5, 0.6) is 5.75 Å². The van der Waals surface area contributed by atoms with Gasteiger partial charge in [0.25, 0.3) is 0 Å². The average Bonchev–Trinajstić information content (AvgIpc) is 2.23. The minimum absolute atomic E-state index is 0.808. The van der Waals surface area contributed by atoms with Crippen LogP contribution in [-0.4, -0.2) is 20.2 Å². The Bertz CT molecular complexity index is 326. The van der Waals surface area contributed by atoms with Gasteiger partial charge in [-0.25, -0.2) is 0 Å². The lowest BCUT2D eigenvalue weighted by Gasteiger charge is -2.11. The molecule has 0 aromatic heterocycles. The Morgan fingerprint density at radius 3 is 2.73 bits per heavy atom. The number of likely N-dealkylation sites (N-methyl/N-ethyl adjacent to an activating group) is 1. The zero-order valence-corrected chi connectivity index (χ0v) is 10.3. The molecule has 3 heteroatoms. The SMILES string of the molecule is CCNCCc1cc(Cl)c(C)cc1OC. The van der Waals surface area contributed by atoms with E-state index in [-0.39, 0.29) is 0 Å². The first-order valence-electron chi connectivity index (χ1n) is 5.22. The molecule has 0 atom stereocenters. The van der Waals surface area contributed by atoms with Crippen molar-refractivity contribution in [3.63, 3.8) is 0 Å². The van der Waals surface area contributed by atoms with Gasteiger partial charge in [0.1, 0.15) is 5.75 Å². The molecule has 0 heterocycles. The largest absolute Gasteiger partial charge is 0.496 e. The lowest BCUT2D eigenvalue weighted by atomic mass is 10.1. The monoisotopic (exact) mass is 227 g/mol. The summed E-state index contributed by atoms with van der Waals surface area (Å²) in [5.41, 5.74) is 2.22. The highest BCUT2D eigenvalue weighted by Crippen LogP contribution is 2.26. The molecule has 0 aliphatic rings. The lowest BCUT2D eigenvalue weighted by molar-refractivity contribution is 0.409. The molecule has 0 bridgehead atoms. The Morgan fingerprint density at radius 2 is 2.13 bits per heavy atom. The first-order valence-corrected chi connectivity index (χ1v) is 5.60. The van der Waals surface area contributed by atoms with E-state index in [4.69, 9.17) is 16.3 Å². The van der Waals surface area contributed by atoms with E-state index in [1.54, 1.807) is 7.11 Å². The van der Waals surface area contributed by atoms with Crippen molar-refractivity contribution in [2.24, 2.45) is 0 Å². The third-order valence-corrected chi connectivity index (χ3v) is 2.79. The van der Waals surface area contributed by atoms with Gasteiger partial charge in [-0.15, -0.1) is 0 Å². The van der Waals surface area contributed by atoms with Crippen molar-refractivity contribution in [3.05, 3.63) is 28.3 Å². The molecule has 0 unspecified atom stereocenters. The average molecular weight is 228 g/mol. The minimum Gasteiger partial charge on any atom is -0.496 e. The van der Waals surface area contributed by atoms with Gasteiger partial charge >= 0.3 is 0 Å². The second-order valence-electron chi connectivity index (χ2n) is 3.52. The number of rotatable bonds is 5. The smallest absolute Gasteiger partial charge is 0.122 e. The number of hydrogen-bond donors (Lipinski definition) is 1. The van der Waals surface area contributed by atoms with Crippen LogP contribution < -0.4 is 10.1 Å². The highest BCUT2D eigenvalue weighted by Gasteiger charge is 2.06. The highest BCUT2D eigenvalue weighted by atomic mass is 35.5. The Morgan fingerprint density at radius 1 is 1.40 bits per heavy atom. The Balaban J connectivity index is 2.80. The van der Waals surface area contributed by atoms with Crippen LogP contribution in [-0.2, 0) is 6.42 Å². The molecular weight excluding hydrogens is 210 g/mol. The maximum Gasteiger partial charge on any atom is 0.122 e. The molecule has 0 aliphatic heterocycles. The highest BCUT2D eigenvalue weighted by molar-refractivity contribution is 6.31. The van der Waals surface area contributed by atoms with Crippen LogP contribution >= 0.6 is 11.6 Å². The Labute approximate surface area is 96.6 Å². The van der Waals surface area contributed by atoms with Crippen LogP contribution in [0.2, 0.25) is 5.02 Å². The molecule has 1 aromatic carbocycles. The number of methoxy groups -OCH3 is 1. The van der Waals surface area contributed by atoms with Crippen LogP contribution in [0, 0.1) is 6.92 Å². The molecule has 1 N–H and O–H groups in total. The van der Waals surface area contributed by atoms with Gasteiger partial charge in [-0.3, -0.25) is 0 Å². The minimum atomic E-state index is 0.808. The summed E-state index contributed by atoms with van der Waals surface area (Å²) in [5.74, 6) is 0.926. The third-order valence-electron chi connectivity index (χ3n) is 2.38. The van der Waals surface area contributed by atoms with E-state index >= 15 is 0 Å². The number of ether oxygens (including phenoxy) is 1. The van der Waals surface area contributed by atoms with Gasteiger partial charge in [-0.2, -0.15) is 0 Å². The zero-order valence-electron chi connectivity index (χ0n) is 9.56. The summed E-state index contributed by atoms with van der Waals surface area (Å²) in [6, 6.07) is 3.98. The fourth-order valence-electron chi connectivity index (χ4n) is 1.48. The van der Waals surface area contributed by atoms with E-state index in [9.17, 15) is 0 Å². The van der Waals surface area contributed by atoms with Crippen LogP contribution in [0.25, 0.3) is 0 Å². The van der Waals surface area contributed by atoms with Crippen molar-refractivity contribution in [1.29, 1.82) is 0 Å². The summed E-state index contributed by atoms with van der Waals surface area (Å²) in [7, 11) is 1.69. The zero-order chi connectivity index (χ0) is 11.3. The van der Waals surface area contributed by atoms with Crippen molar-refractivity contribution in [3.8, 4) is 5.75 Å². The van der Waals surface area contributed by atoms with Gasteiger partial charge < -0.3 is 10.1 Å². The maximum atomic E-state index is 6.08. The van der Waals surface area contributed by atoms with Crippen molar-refractivity contribution >= 4 is 11.6 Å². The van der Waals surface area contributed by atoms with Gasteiger partial charge in [0.05, 0.1) is 7.11 Å². The van der Waals surface area contributed by atoms with E-state index in [0.29, 0.717) is 0 Å². The molecule has 84 valence electrons. The third kappa shape index (κ3) is 3.40. The fourth-order valence-corrected chi connectivity index (χ4v) is 1.67. The molecule has 0 saturated heterocycles. The van der Waals surface area contributed by atoms with Crippen LogP contribution in [0.4, 0.5) is 0 Å². The summed E-state index contributed by atoms with van der Waals surface area (Å²) in [4.78, 5) is 0. The first kappa shape index (κ1) is 12.3. The predicted molar refractivity (Wildman–Crippen MR) is 65.0 cm³/mol. The number of halogens is 1. The molecule has 0 aliphatic carbocycles. The van der Waals surface area contributed by atoms with E-state index in [0.717, 1.165) is 41.4 Å².